The summed E-state index contributed by atoms with van der Waals surface area (Å²) in [7, 11) is 15.9. The smallest absolute Gasteiger partial charge is 0.270 e. The highest BCUT2D eigenvalue weighted by Gasteiger charge is 2.42. The van der Waals surface area contributed by atoms with Crippen LogP contribution in [0.15, 0.2) is 95.4 Å². The van der Waals surface area contributed by atoms with Crippen molar-refractivity contribution in [2.75, 3.05) is 82.5 Å². The summed E-state index contributed by atoms with van der Waals surface area (Å²) in [5, 5.41) is 29.2. The molecule has 5 aromatic rings. The van der Waals surface area contributed by atoms with E-state index in [1.165, 1.54) is 0 Å². The van der Waals surface area contributed by atoms with Crippen molar-refractivity contribution in [3.63, 3.8) is 0 Å². The molecule has 4 N–H and O–H groups in total. The Morgan fingerprint density at radius 1 is 0.692 bits per heavy atom. The summed E-state index contributed by atoms with van der Waals surface area (Å²) in [6.45, 7) is 8.23. The second kappa shape index (κ2) is 12.3. The third-order valence-corrected chi connectivity index (χ3v) is 10.1. The predicted molar refractivity (Wildman–Crippen MR) is 214 cm³/mol. The molecule has 0 saturated carbocycles. The normalized spacial score (nSPS) is 15.8. The molecule has 0 aromatic heterocycles. The second-order valence-corrected chi connectivity index (χ2v) is 14.0. The number of rotatable bonds is 4. The largest absolute Gasteiger partial charge is 0.872 e. The molecule has 5 aromatic carbocycles. The van der Waals surface area contributed by atoms with Gasteiger partial charge in [0.2, 0.25) is 5.71 Å². The molecule has 52 heavy (non-hydrogen) atoms. The summed E-state index contributed by atoms with van der Waals surface area (Å²) in [6, 6.07) is 25.7. The van der Waals surface area contributed by atoms with Crippen molar-refractivity contribution in [3.05, 3.63) is 135 Å². The number of nitrogens with two attached hydrogens (primary N) is 2. The molecule has 7 rings (SSSR count). The second-order valence-electron chi connectivity index (χ2n) is 14.0. The van der Waals surface area contributed by atoms with Gasteiger partial charge in [0, 0.05) is 81.0 Å². The summed E-state index contributed by atoms with van der Waals surface area (Å²) in [4.78, 5) is 9.89. The molecule has 0 unspecified atom stereocenters. The van der Waals surface area contributed by atoms with Crippen LogP contribution < -0.4 is 31.3 Å². The Labute approximate surface area is 304 Å². The molecule has 0 fully saturated rings. The maximum absolute atomic E-state index is 15.3. The number of nitrogens with zero attached hydrogens (tertiary/aromatic N) is 6. The molecule has 0 heterocycles. The van der Waals surface area contributed by atoms with Crippen molar-refractivity contribution in [3.8, 4) is 6.07 Å². The van der Waals surface area contributed by atoms with Gasteiger partial charge in [-0.25, -0.2) is 14.7 Å². The molecular formula is C43H40N8O. The Balaban J connectivity index is 1.76. The Hall–Kier alpha value is -6.71. The number of anilines is 5. The number of fused-ring (bicyclic) bond motifs is 4. The van der Waals surface area contributed by atoms with E-state index < -0.39 is 0 Å². The summed E-state index contributed by atoms with van der Waals surface area (Å²) in [5.41, 5.74) is 23.8. The molecule has 0 bridgehead atoms. The molecular weight excluding hydrogens is 645 g/mol. The van der Waals surface area contributed by atoms with Crippen LogP contribution in [0.2, 0.25) is 0 Å². The van der Waals surface area contributed by atoms with Crippen LogP contribution in [-0.2, 0) is 0 Å². The molecule has 258 valence electrons. The average Bonchev–Trinajstić information content (AvgIpc) is 3.10. The van der Waals surface area contributed by atoms with E-state index in [0.29, 0.717) is 50.2 Å². The number of benzene rings is 5. The lowest BCUT2D eigenvalue weighted by molar-refractivity contribution is -0.463. The fourth-order valence-electron chi connectivity index (χ4n) is 8.07. The van der Waals surface area contributed by atoms with Crippen molar-refractivity contribution in [1.29, 1.82) is 5.26 Å². The van der Waals surface area contributed by atoms with Crippen molar-refractivity contribution in [1.82, 2.24) is 0 Å². The number of hydrogen-bond acceptors (Lipinski definition) is 7. The standard InChI is InChI=1S/C43H40N8O/c1-47-29(22-44)37-39(34-23-14-10-11-15-24(23)41(50(6)7)26-17-12-18-27(45)32(26)34)43(52)40(37)35-25-16-13-19-30(48(2)3)33(25)42(51(8)9)38-31(49(4)5)21-20-28(46)36(35)38/h10-21H,45-46H2,2-9H3/b37-29-. The van der Waals surface area contributed by atoms with Gasteiger partial charge in [-0.05, 0) is 57.5 Å². The summed E-state index contributed by atoms with van der Waals surface area (Å²) >= 11 is 0. The Morgan fingerprint density at radius 3 is 1.94 bits per heavy atom. The van der Waals surface area contributed by atoms with Crippen LogP contribution in [-0.4, -0.2) is 66.7 Å². The van der Waals surface area contributed by atoms with Crippen LogP contribution in [0.1, 0.15) is 27.8 Å². The number of hydrogen-bond donors (Lipinski definition) is 2. The van der Waals surface area contributed by atoms with Crippen molar-refractivity contribution >= 4 is 66.8 Å². The highest BCUT2D eigenvalue weighted by molar-refractivity contribution is 6.29. The quantitative estimate of drug-likeness (QED) is 0.0763. The van der Waals surface area contributed by atoms with Gasteiger partial charge < -0.3 is 31.3 Å². The van der Waals surface area contributed by atoms with E-state index in [0.717, 1.165) is 55.6 Å². The van der Waals surface area contributed by atoms with Gasteiger partial charge in [-0.3, -0.25) is 0 Å². The molecule has 0 amide bonds. The molecule has 0 aliphatic heterocycles. The van der Waals surface area contributed by atoms with Crippen molar-refractivity contribution in [2.24, 2.45) is 0 Å². The van der Waals surface area contributed by atoms with Gasteiger partial charge in [-0.15, -0.1) is 0 Å². The topological polar surface area (TPSA) is 116 Å². The van der Waals surface area contributed by atoms with E-state index >= 15 is 5.11 Å². The SMILES string of the molecule is [C-]#[N+]/C(C#N)=C1C(c2c3ccccc3c(N(C)C)c3cccc(N)c23)=C([O-])C/1=C1\c2cccc(N(C)C)c2C(=[N+](C)C)c2c(N(C)C)ccc(N)c21. The summed E-state index contributed by atoms with van der Waals surface area (Å²) in [6.07, 6.45) is 0. The first-order valence-electron chi connectivity index (χ1n) is 16.9. The fourth-order valence-corrected chi connectivity index (χ4v) is 8.07. The van der Waals surface area contributed by atoms with Gasteiger partial charge in [0.1, 0.15) is 14.1 Å². The molecule has 2 aliphatic rings. The average molecular weight is 685 g/mol. The molecule has 0 atom stereocenters. The fraction of sp³-hybridized carbons (Fsp3) is 0.186. The Bertz CT molecular complexity index is 2600. The Morgan fingerprint density at radius 2 is 1.33 bits per heavy atom. The van der Waals surface area contributed by atoms with Crippen molar-refractivity contribution < 1.29 is 9.68 Å². The van der Waals surface area contributed by atoms with Crippen molar-refractivity contribution in [2.45, 2.75) is 0 Å². The molecule has 2 aliphatic carbocycles. The van der Waals surface area contributed by atoms with Gasteiger partial charge >= 0.3 is 0 Å². The lowest BCUT2D eigenvalue weighted by Crippen LogP contribution is -2.32. The molecule has 0 saturated heterocycles. The first-order valence-corrected chi connectivity index (χ1v) is 16.9. The maximum Gasteiger partial charge on any atom is 0.270 e. The maximum atomic E-state index is 15.3. The summed E-state index contributed by atoms with van der Waals surface area (Å²) < 4.78 is 2.09. The van der Waals surface area contributed by atoms with Crippen LogP contribution in [0.3, 0.4) is 0 Å². The van der Waals surface area contributed by atoms with Crippen LogP contribution >= 0.6 is 0 Å². The Kier molecular flexibility index (Phi) is 7.96. The van der Waals surface area contributed by atoms with Crippen LogP contribution in [0.25, 0.3) is 37.5 Å². The third-order valence-electron chi connectivity index (χ3n) is 10.1. The third kappa shape index (κ3) is 4.63. The van der Waals surface area contributed by atoms with E-state index in [1.54, 1.807) is 0 Å². The van der Waals surface area contributed by atoms with E-state index in [1.807, 2.05) is 133 Å². The van der Waals surface area contributed by atoms with Crippen LogP contribution in [0.5, 0.6) is 0 Å². The van der Waals surface area contributed by atoms with Crippen LogP contribution in [0, 0.1) is 17.9 Å². The van der Waals surface area contributed by atoms with Gasteiger partial charge in [-0.2, -0.15) is 0 Å². The number of allylic oxidation sites excluding steroid dienone is 3. The molecule has 0 radical (unpaired) electrons. The summed E-state index contributed by atoms with van der Waals surface area (Å²) in [5.74, 6) is -0.274. The van der Waals surface area contributed by atoms with Crippen LogP contribution in [0.4, 0.5) is 28.4 Å². The zero-order chi connectivity index (χ0) is 37.3. The predicted octanol–water partition coefficient (Wildman–Crippen LogP) is 6.06. The lowest BCUT2D eigenvalue weighted by atomic mass is 9.68. The first-order chi connectivity index (χ1) is 24.8. The molecule has 9 heteroatoms. The minimum Gasteiger partial charge on any atom is -0.872 e. The zero-order valence-corrected chi connectivity index (χ0v) is 30.7. The molecule has 0 spiro atoms. The van der Waals surface area contributed by atoms with Gasteiger partial charge in [-0.1, -0.05) is 54.3 Å². The van der Waals surface area contributed by atoms with E-state index in [9.17, 15) is 5.26 Å². The minimum absolute atomic E-state index is 0.169. The van der Waals surface area contributed by atoms with Gasteiger partial charge in [0.25, 0.3) is 5.70 Å². The lowest BCUT2D eigenvalue weighted by Gasteiger charge is -2.41. The van der Waals surface area contributed by atoms with Gasteiger partial charge in [0.15, 0.2) is 0 Å². The highest BCUT2D eigenvalue weighted by atomic mass is 16.3. The molecule has 9 nitrogen and oxygen atoms in total. The zero-order valence-electron chi connectivity index (χ0n) is 30.7. The van der Waals surface area contributed by atoms with E-state index in [4.69, 9.17) is 18.0 Å². The van der Waals surface area contributed by atoms with E-state index in [-0.39, 0.29) is 11.5 Å². The van der Waals surface area contributed by atoms with E-state index in [2.05, 4.69) is 26.5 Å². The minimum atomic E-state index is -0.274. The number of nitriles is 1. The monoisotopic (exact) mass is 684 g/mol. The highest BCUT2D eigenvalue weighted by Crippen LogP contribution is 2.57. The first kappa shape index (κ1) is 33.8. The number of nitrogen functional groups attached to an aromatic ring is 2. The van der Waals surface area contributed by atoms with Gasteiger partial charge in [0.05, 0.1) is 40.8 Å².